The van der Waals surface area contributed by atoms with Gasteiger partial charge in [0.05, 0.1) is 25.9 Å². The SMILES string of the molecule is C[C@H]1C[C@@H](OC[C@H](O)C[NH+]2CCOCC2)CC(C)(C)C1. The lowest BCUT2D eigenvalue weighted by molar-refractivity contribution is -0.911. The molecule has 3 atom stereocenters. The summed E-state index contributed by atoms with van der Waals surface area (Å²) in [5, 5.41) is 10.1. The Kier molecular flexibility index (Phi) is 5.84. The first kappa shape index (κ1) is 16.2. The Morgan fingerprint density at radius 1 is 1.30 bits per heavy atom. The largest absolute Gasteiger partial charge is 0.385 e. The van der Waals surface area contributed by atoms with Gasteiger partial charge < -0.3 is 19.5 Å². The van der Waals surface area contributed by atoms with E-state index in [0.717, 1.165) is 51.6 Å². The van der Waals surface area contributed by atoms with Crippen molar-refractivity contribution in [1.29, 1.82) is 0 Å². The van der Waals surface area contributed by atoms with Crippen molar-refractivity contribution < 1.29 is 19.5 Å². The molecule has 0 unspecified atom stereocenters. The van der Waals surface area contributed by atoms with Crippen LogP contribution in [0.25, 0.3) is 0 Å². The second-order valence-corrected chi connectivity index (χ2v) is 7.59. The Labute approximate surface area is 123 Å². The third-order valence-corrected chi connectivity index (χ3v) is 4.60. The molecule has 0 radical (unpaired) electrons. The van der Waals surface area contributed by atoms with Crippen LogP contribution in [-0.2, 0) is 9.47 Å². The molecular weight excluding hydrogens is 254 g/mol. The van der Waals surface area contributed by atoms with Crippen LogP contribution in [0.1, 0.15) is 40.0 Å². The Morgan fingerprint density at radius 2 is 2.00 bits per heavy atom. The van der Waals surface area contributed by atoms with Gasteiger partial charge in [0.15, 0.2) is 0 Å². The Balaban J connectivity index is 1.68. The maximum Gasteiger partial charge on any atom is 0.126 e. The number of quaternary nitrogens is 1. The summed E-state index contributed by atoms with van der Waals surface area (Å²) < 4.78 is 11.3. The number of hydrogen-bond acceptors (Lipinski definition) is 3. The number of rotatable bonds is 5. The summed E-state index contributed by atoms with van der Waals surface area (Å²) in [5.41, 5.74) is 0.378. The van der Waals surface area contributed by atoms with Crippen molar-refractivity contribution >= 4 is 0 Å². The quantitative estimate of drug-likeness (QED) is 0.773. The molecule has 1 saturated heterocycles. The van der Waals surface area contributed by atoms with Gasteiger partial charge in [0.1, 0.15) is 25.7 Å². The highest BCUT2D eigenvalue weighted by atomic mass is 16.5. The predicted octanol–water partition coefficient (Wildman–Crippen LogP) is 0.494. The standard InChI is InChI=1S/C16H31NO3/c1-13-8-15(10-16(2,3)9-13)20-12-14(18)11-17-4-6-19-7-5-17/h13-15,18H,4-12H2,1-3H3/p+1/t13-,14+,15+/m0/s1. The fraction of sp³-hybridized carbons (Fsp3) is 1.00. The van der Waals surface area contributed by atoms with Crippen molar-refractivity contribution in [3.05, 3.63) is 0 Å². The van der Waals surface area contributed by atoms with E-state index in [0.29, 0.717) is 18.1 Å². The number of ether oxygens (including phenoxy) is 2. The van der Waals surface area contributed by atoms with Gasteiger partial charge in [-0.25, -0.2) is 0 Å². The van der Waals surface area contributed by atoms with E-state index in [1.807, 2.05) is 0 Å². The van der Waals surface area contributed by atoms with E-state index in [9.17, 15) is 5.11 Å². The lowest BCUT2D eigenvalue weighted by Crippen LogP contribution is -3.15. The summed E-state index contributed by atoms with van der Waals surface area (Å²) in [5.74, 6) is 0.728. The fourth-order valence-electron chi connectivity index (χ4n) is 3.89. The van der Waals surface area contributed by atoms with Gasteiger partial charge in [0.25, 0.3) is 0 Å². The van der Waals surface area contributed by atoms with Crippen molar-refractivity contribution in [3.63, 3.8) is 0 Å². The summed E-state index contributed by atoms with van der Waals surface area (Å²) in [7, 11) is 0. The smallest absolute Gasteiger partial charge is 0.126 e. The third-order valence-electron chi connectivity index (χ3n) is 4.60. The molecule has 2 N–H and O–H groups in total. The molecule has 0 spiro atoms. The Morgan fingerprint density at radius 3 is 2.65 bits per heavy atom. The van der Waals surface area contributed by atoms with E-state index in [4.69, 9.17) is 9.47 Å². The van der Waals surface area contributed by atoms with Gasteiger partial charge in [0, 0.05) is 0 Å². The third kappa shape index (κ3) is 5.32. The van der Waals surface area contributed by atoms with Gasteiger partial charge in [-0.2, -0.15) is 0 Å². The van der Waals surface area contributed by atoms with Gasteiger partial charge in [0.2, 0.25) is 0 Å². The Hall–Kier alpha value is -0.160. The van der Waals surface area contributed by atoms with Crippen LogP contribution in [-0.4, -0.2) is 56.8 Å². The van der Waals surface area contributed by atoms with Crippen LogP contribution in [0.5, 0.6) is 0 Å². The van der Waals surface area contributed by atoms with Crippen LogP contribution in [0.15, 0.2) is 0 Å². The molecule has 0 aromatic carbocycles. The van der Waals surface area contributed by atoms with Crippen molar-refractivity contribution in [3.8, 4) is 0 Å². The molecule has 2 aliphatic rings. The molecule has 0 amide bonds. The van der Waals surface area contributed by atoms with Gasteiger partial charge >= 0.3 is 0 Å². The highest BCUT2D eigenvalue weighted by molar-refractivity contribution is 4.83. The molecule has 0 aromatic rings. The highest BCUT2D eigenvalue weighted by Gasteiger charge is 2.33. The van der Waals surface area contributed by atoms with Crippen LogP contribution in [0.4, 0.5) is 0 Å². The number of aliphatic hydroxyl groups is 1. The van der Waals surface area contributed by atoms with Crippen LogP contribution < -0.4 is 4.90 Å². The topological polar surface area (TPSA) is 43.1 Å². The summed E-state index contributed by atoms with van der Waals surface area (Å²) in [6, 6.07) is 0. The van der Waals surface area contributed by atoms with Crippen molar-refractivity contribution in [2.45, 2.75) is 52.2 Å². The summed E-state index contributed by atoms with van der Waals surface area (Å²) in [6.45, 7) is 11.9. The molecular formula is C16H32NO3+. The second-order valence-electron chi connectivity index (χ2n) is 7.59. The minimum atomic E-state index is -0.344. The molecule has 2 rings (SSSR count). The molecule has 1 aliphatic heterocycles. The zero-order valence-corrected chi connectivity index (χ0v) is 13.4. The van der Waals surface area contributed by atoms with Crippen LogP contribution >= 0.6 is 0 Å². The zero-order valence-electron chi connectivity index (χ0n) is 13.4. The molecule has 0 aromatic heterocycles. The lowest BCUT2D eigenvalue weighted by atomic mass is 9.71. The van der Waals surface area contributed by atoms with E-state index >= 15 is 0 Å². The van der Waals surface area contributed by atoms with E-state index in [2.05, 4.69) is 20.8 Å². The Bertz CT molecular complexity index is 289. The van der Waals surface area contributed by atoms with E-state index in [1.54, 1.807) is 0 Å². The first-order valence-electron chi connectivity index (χ1n) is 8.15. The maximum atomic E-state index is 10.1. The summed E-state index contributed by atoms with van der Waals surface area (Å²) in [4.78, 5) is 1.43. The average Bonchev–Trinajstić information content (AvgIpc) is 2.35. The first-order valence-corrected chi connectivity index (χ1v) is 8.15. The second kappa shape index (κ2) is 7.21. The number of hydrogen-bond donors (Lipinski definition) is 2. The molecule has 1 saturated carbocycles. The van der Waals surface area contributed by atoms with E-state index in [-0.39, 0.29) is 6.10 Å². The van der Waals surface area contributed by atoms with Crippen LogP contribution in [0, 0.1) is 11.3 Å². The zero-order chi connectivity index (χ0) is 14.6. The number of morpholine rings is 1. The van der Waals surface area contributed by atoms with Gasteiger partial charge in [-0.1, -0.05) is 20.8 Å². The number of nitrogens with one attached hydrogen (secondary N) is 1. The average molecular weight is 286 g/mol. The fourth-order valence-corrected chi connectivity index (χ4v) is 3.89. The number of aliphatic hydroxyl groups excluding tert-OH is 1. The van der Waals surface area contributed by atoms with Crippen molar-refractivity contribution in [1.82, 2.24) is 0 Å². The maximum absolute atomic E-state index is 10.1. The monoisotopic (exact) mass is 286 g/mol. The predicted molar refractivity (Wildman–Crippen MR) is 78.9 cm³/mol. The summed E-state index contributed by atoms with van der Waals surface area (Å²) >= 11 is 0. The summed E-state index contributed by atoms with van der Waals surface area (Å²) in [6.07, 6.45) is 3.52. The molecule has 20 heavy (non-hydrogen) atoms. The lowest BCUT2D eigenvalue weighted by Gasteiger charge is -2.39. The normalized spacial score (nSPS) is 33.0. The first-order chi connectivity index (χ1) is 9.44. The molecule has 4 heteroatoms. The van der Waals surface area contributed by atoms with Gasteiger partial charge in [-0.3, -0.25) is 0 Å². The molecule has 0 bridgehead atoms. The molecule has 1 aliphatic carbocycles. The van der Waals surface area contributed by atoms with Crippen molar-refractivity contribution in [2.75, 3.05) is 39.5 Å². The van der Waals surface area contributed by atoms with Gasteiger partial charge in [-0.05, 0) is 30.6 Å². The van der Waals surface area contributed by atoms with Crippen LogP contribution in [0.3, 0.4) is 0 Å². The van der Waals surface area contributed by atoms with Crippen LogP contribution in [0.2, 0.25) is 0 Å². The molecule has 118 valence electrons. The minimum absolute atomic E-state index is 0.322. The van der Waals surface area contributed by atoms with E-state index in [1.165, 1.54) is 11.3 Å². The molecule has 2 fully saturated rings. The minimum Gasteiger partial charge on any atom is -0.385 e. The molecule has 1 heterocycles. The molecule has 4 nitrogen and oxygen atoms in total. The highest BCUT2D eigenvalue weighted by Crippen LogP contribution is 2.39. The van der Waals surface area contributed by atoms with Gasteiger partial charge in [-0.15, -0.1) is 0 Å². The van der Waals surface area contributed by atoms with E-state index < -0.39 is 0 Å². The van der Waals surface area contributed by atoms with Crippen molar-refractivity contribution in [2.24, 2.45) is 11.3 Å².